The van der Waals surface area contributed by atoms with E-state index in [4.69, 9.17) is 18.9 Å². The Morgan fingerprint density at radius 2 is 1.70 bits per heavy atom. The maximum absolute atomic E-state index is 11.7. The third kappa shape index (κ3) is 12.0. The highest BCUT2D eigenvalue weighted by atomic mass is 33.1. The first-order valence-electron chi connectivity index (χ1n) is 20.2. The zero-order valence-electron chi connectivity index (χ0n) is 33.3. The van der Waals surface area contributed by atoms with E-state index in [1.807, 2.05) is 6.07 Å². The van der Waals surface area contributed by atoms with Crippen molar-refractivity contribution in [3.05, 3.63) is 41.0 Å². The highest BCUT2D eigenvalue weighted by molar-refractivity contribution is 8.76. The van der Waals surface area contributed by atoms with Crippen molar-refractivity contribution in [3.63, 3.8) is 0 Å². The Bertz CT molecular complexity index is 1580. The Labute approximate surface area is 340 Å². The van der Waals surface area contributed by atoms with Crippen LogP contribution in [0, 0.1) is 41.4 Å². The highest BCUT2D eigenvalue weighted by Crippen LogP contribution is 2.47. The van der Waals surface area contributed by atoms with E-state index in [0.717, 1.165) is 56.3 Å². The second-order valence-corrected chi connectivity index (χ2v) is 18.5. The molecule has 0 bridgehead atoms. The third-order valence-electron chi connectivity index (χ3n) is 11.6. The second kappa shape index (κ2) is 22.0. The van der Waals surface area contributed by atoms with Crippen molar-refractivity contribution in [3.8, 4) is 40.6 Å². The second-order valence-electron chi connectivity index (χ2n) is 15.9. The summed E-state index contributed by atoms with van der Waals surface area (Å²) in [4.78, 5) is 0. The van der Waals surface area contributed by atoms with Crippen molar-refractivity contribution in [2.24, 2.45) is 29.6 Å². The molecule has 0 saturated heterocycles. The first kappa shape index (κ1) is 44.6. The maximum Gasteiger partial charge on any atom is 0.200 e. The average Bonchev–Trinajstić information content (AvgIpc) is 3.27. The third-order valence-corrected chi connectivity index (χ3v) is 14.4. The van der Waals surface area contributed by atoms with Crippen LogP contribution in [-0.2, 0) is 17.6 Å². The number of ether oxygens (including phenoxy) is 4. The Morgan fingerprint density at radius 3 is 2.39 bits per heavy atom. The molecule has 0 spiro atoms. The van der Waals surface area contributed by atoms with E-state index in [-0.39, 0.29) is 59.6 Å². The van der Waals surface area contributed by atoms with Crippen LogP contribution in [0.3, 0.4) is 0 Å². The van der Waals surface area contributed by atoms with Crippen LogP contribution in [0.25, 0.3) is 0 Å². The summed E-state index contributed by atoms with van der Waals surface area (Å²) < 4.78 is 23.2. The van der Waals surface area contributed by atoms with Gasteiger partial charge < -0.3 is 54.9 Å². The fourth-order valence-electron chi connectivity index (χ4n) is 8.68. The molecule has 1 aliphatic carbocycles. The molecule has 312 valence electrons. The molecule has 11 nitrogen and oxygen atoms in total. The number of hydrogen-bond donors (Lipinski definition) is 7. The fourth-order valence-corrected chi connectivity index (χ4v) is 11.6. The van der Waals surface area contributed by atoms with Gasteiger partial charge in [0.2, 0.25) is 5.75 Å². The molecular formula is C43H63NO10S2. The lowest BCUT2D eigenvalue weighted by Gasteiger charge is -2.39. The standard InChI is InChI=1S/C43H63NO10S2/c1-26(2)15-28-7-5-6-13-44-23-30-9-11-32(20-33(28)30)54-39-19-29-8-10-31(53-25-46)21-36(47)35(16-27-17-40(51-3)43(50)41(18-27)52-4)38(49)24-55-56-42(12-14-45)34(29)22-37(39)48/h17-19,22,26,28,30-33,35-36,38,42,44-50H,6,8-16,20-21,23-25H2,1-4H3/t28-,30+,31-,32+,33+,35-,36+,38-,42-/m0/s1. The smallest absolute Gasteiger partial charge is 0.200 e. The minimum Gasteiger partial charge on any atom is -0.504 e. The van der Waals surface area contributed by atoms with Crippen molar-refractivity contribution in [2.75, 3.05) is 46.5 Å². The van der Waals surface area contributed by atoms with E-state index in [1.165, 1.54) is 35.8 Å². The Hall–Kier alpha value is -2.54. The summed E-state index contributed by atoms with van der Waals surface area (Å²) in [6.07, 6.45) is 3.91. The molecule has 56 heavy (non-hydrogen) atoms. The number of hydrogen-bond acceptors (Lipinski definition) is 13. The summed E-state index contributed by atoms with van der Waals surface area (Å²) in [5.74, 6) is 9.26. The van der Waals surface area contributed by atoms with Gasteiger partial charge in [-0.25, -0.2) is 0 Å². The number of phenolic OH excluding ortho intramolecular Hbond substituents is 2. The van der Waals surface area contributed by atoms with Gasteiger partial charge in [-0.1, -0.05) is 41.4 Å². The summed E-state index contributed by atoms with van der Waals surface area (Å²) in [7, 11) is 5.87. The van der Waals surface area contributed by atoms with Crippen molar-refractivity contribution >= 4 is 21.6 Å². The van der Waals surface area contributed by atoms with E-state index in [9.17, 15) is 30.6 Å². The topological polar surface area (TPSA) is 170 Å². The fraction of sp³-hybridized carbons (Fsp3) is 0.674. The van der Waals surface area contributed by atoms with Crippen LogP contribution < -0.4 is 19.5 Å². The Morgan fingerprint density at radius 1 is 0.929 bits per heavy atom. The molecule has 0 radical (unpaired) electrons. The number of aromatic hydroxyl groups is 2. The van der Waals surface area contributed by atoms with Gasteiger partial charge in [0.1, 0.15) is 6.79 Å². The molecule has 13 heteroatoms. The molecule has 0 amide bonds. The number of benzene rings is 2. The highest BCUT2D eigenvalue weighted by Gasteiger charge is 2.37. The maximum atomic E-state index is 11.7. The molecule has 9 atom stereocenters. The minimum atomic E-state index is -1.00. The van der Waals surface area contributed by atoms with Gasteiger partial charge in [-0.05, 0) is 123 Å². The quantitative estimate of drug-likeness (QED) is 0.0758. The van der Waals surface area contributed by atoms with Gasteiger partial charge in [0.05, 0.1) is 38.6 Å². The van der Waals surface area contributed by atoms with E-state index < -0.39 is 31.0 Å². The summed E-state index contributed by atoms with van der Waals surface area (Å²) in [5.41, 5.74) is 2.51. The number of aryl methyl sites for hydroxylation is 1. The molecule has 1 saturated carbocycles. The normalized spacial score (nSPS) is 29.1. The van der Waals surface area contributed by atoms with Crippen molar-refractivity contribution in [2.45, 2.75) is 108 Å². The van der Waals surface area contributed by atoms with Crippen molar-refractivity contribution in [1.82, 2.24) is 5.32 Å². The van der Waals surface area contributed by atoms with Gasteiger partial charge in [-0.2, -0.15) is 0 Å². The molecule has 2 aromatic rings. The zero-order chi connectivity index (χ0) is 40.2. The van der Waals surface area contributed by atoms with E-state index in [0.29, 0.717) is 54.2 Å². The van der Waals surface area contributed by atoms with Crippen LogP contribution in [0.4, 0.5) is 0 Å². The predicted molar refractivity (Wildman–Crippen MR) is 221 cm³/mol. The van der Waals surface area contributed by atoms with Crippen LogP contribution in [-0.4, -0.2) is 102 Å². The lowest BCUT2D eigenvalue weighted by atomic mass is 9.69. The number of aliphatic hydroxyl groups is 4. The van der Waals surface area contributed by atoms with E-state index in [2.05, 4.69) is 31.0 Å². The molecule has 2 heterocycles. The number of aliphatic hydroxyl groups excluding tert-OH is 4. The molecule has 7 N–H and O–H groups in total. The molecule has 0 unspecified atom stereocenters. The first-order chi connectivity index (χ1) is 27.0. The summed E-state index contributed by atoms with van der Waals surface area (Å²) in [6.45, 7) is 5.81. The van der Waals surface area contributed by atoms with E-state index in [1.54, 1.807) is 18.2 Å². The summed E-state index contributed by atoms with van der Waals surface area (Å²) >= 11 is 0. The number of phenols is 2. The SMILES string of the molecule is COc1cc(C[C@H]2[C@H](O)C[C@@H](OCO)CCc3cc(O[C@@H]4CC[C@@H]5CNCCC#C[C@@H](CC(C)C)[C@H]5C4)c(O)cc3[C@H](CCO)SSC[C@@H]2O)cc(OC)c1O. The minimum absolute atomic E-state index is 0.0526. The molecule has 0 aromatic heterocycles. The summed E-state index contributed by atoms with van der Waals surface area (Å²) in [6, 6.07) is 7.03. The molecular weight excluding hydrogens is 755 g/mol. The predicted octanol–water partition coefficient (Wildman–Crippen LogP) is 5.99. The van der Waals surface area contributed by atoms with Crippen LogP contribution in [0.5, 0.6) is 28.7 Å². The van der Waals surface area contributed by atoms with Gasteiger partial charge in [0.15, 0.2) is 23.0 Å². The molecule has 2 aliphatic heterocycles. The van der Waals surface area contributed by atoms with Crippen LogP contribution in [0.2, 0.25) is 0 Å². The number of rotatable bonds is 12. The molecule has 3 aliphatic rings. The van der Waals surface area contributed by atoms with Gasteiger partial charge in [-0.15, -0.1) is 5.92 Å². The van der Waals surface area contributed by atoms with E-state index >= 15 is 0 Å². The van der Waals surface area contributed by atoms with Crippen molar-refractivity contribution < 1.29 is 49.6 Å². The zero-order valence-corrected chi connectivity index (χ0v) is 35.0. The van der Waals surface area contributed by atoms with Crippen LogP contribution in [0.1, 0.15) is 87.2 Å². The van der Waals surface area contributed by atoms with Gasteiger partial charge in [0.25, 0.3) is 0 Å². The van der Waals surface area contributed by atoms with Gasteiger partial charge in [-0.3, -0.25) is 0 Å². The van der Waals surface area contributed by atoms with Crippen molar-refractivity contribution in [1.29, 1.82) is 0 Å². The number of methoxy groups -OCH3 is 2. The number of fused-ring (bicyclic) bond motifs is 2. The Kier molecular flexibility index (Phi) is 17.5. The molecule has 1 fully saturated rings. The lowest BCUT2D eigenvalue weighted by Crippen LogP contribution is -2.40. The largest absolute Gasteiger partial charge is 0.504 e. The average molecular weight is 818 g/mol. The van der Waals surface area contributed by atoms with Gasteiger partial charge >= 0.3 is 0 Å². The van der Waals surface area contributed by atoms with Gasteiger partial charge in [0, 0.05) is 42.4 Å². The monoisotopic (exact) mass is 817 g/mol. The first-order valence-corrected chi connectivity index (χ1v) is 22.6. The van der Waals surface area contributed by atoms with Crippen LogP contribution >= 0.6 is 21.6 Å². The van der Waals surface area contributed by atoms with Crippen LogP contribution in [0.15, 0.2) is 24.3 Å². The molecule has 5 rings (SSSR count). The molecule has 2 aromatic carbocycles. The lowest BCUT2D eigenvalue weighted by molar-refractivity contribution is -0.0808. The Balaban J connectivity index is 1.40. The summed E-state index contributed by atoms with van der Waals surface area (Å²) in [5, 5.41) is 68.7. The number of nitrogens with one attached hydrogen (secondary N) is 1.